The zero-order valence-electron chi connectivity index (χ0n) is 16.0. The molecule has 1 N–H and O–H groups in total. The maximum atomic E-state index is 13.1. The molecule has 0 atom stereocenters. The number of nitrogens with one attached hydrogen (secondary N) is 1. The summed E-state index contributed by atoms with van der Waals surface area (Å²) >= 11 is 0. The zero-order valence-corrected chi connectivity index (χ0v) is 16.0. The van der Waals surface area contributed by atoms with Gasteiger partial charge >= 0.3 is 5.97 Å². The fraction of sp³-hybridized carbons (Fsp3) is 0.238. The van der Waals surface area contributed by atoms with Crippen molar-refractivity contribution in [1.29, 1.82) is 0 Å². The lowest BCUT2D eigenvalue weighted by molar-refractivity contribution is -0.134. The first-order chi connectivity index (χ1) is 14.5. The van der Waals surface area contributed by atoms with Crippen LogP contribution in [-0.4, -0.2) is 59.8 Å². The Morgan fingerprint density at radius 2 is 1.67 bits per heavy atom. The molecule has 9 heteroatoms. The van der Waals surface area contributed by atoms with Gasteiger partial charge in [0, 0.05) is 37.3 Å². The van der Waals surface area contributed by atoms with Gasteiger partial charge in [-0.15, -0.1) is 0 Å². The number of amides is 1. The van der Waals surface area contributed by atoms with E-state index in [1.54, 1.807) is 41.3 Å². The predicted molar refractivity (Wildman–Crippen MR) is 108 cm³/mol. The number of carbonyl (C=O) groups excluding carboxylic acids is 2. The highest BCUT2D eigenvalue weighted by molar-refractivity contribution is 6.02. The first-order valence-corrected chi connectivity index (χ1v) is 9.46. The van der Waals surface area contributed by atoms with E-state index in [-0.39, 0.29) is 17.4 Å². The average molecular weight is 410 g/mol. The lowest BCUT2D eigenvalue weighted by atomic mass is 10.1. The van der Waals surface area contributed by atoms with Gasteiger partial charge in [-0.3, -0.25) is 9.59 Å². The van der Waals surface area contributed by atoms with Gasteiger partial charge in [-0.2, -0.15) is 5.10 Å². The van der Waals surface area contributed by atoms with Crippen molar-refractivity contribution in [2.45, 2.75) is 0 Å². The summed E-state index contributed by atoms with van der Waals surface area (Å²) in [5.74, 6) is -1.38. The summed E-state index contributed by atoms with van der Waals surface area (Å²) in [5, 5.41) is 6.73. The van der Waals surface area contributed by atoms with Gasteiger partial charge in [0.15, 0.2) is 12.3 Å². The van der Waals surface area contributed by atoms with Crippen molar-refractivity contribution < 1.29 is 18.7 Å². The molecule has 8 nitrogen and oxygen atoms in total. The molecule has 1 aromatic heterocycles. The Balaban J connectivity index is 1.34. The van der Waals surface area contributed by atoms with Crippen molar-refractivity contribution in [3.63, 3.8) is 0 Å². The van der Waals surface area contributed by atoms with Crippen LogP contribution in [0, 0.1) is 5.82 Å². The summed E-state index contributed by atoms with van der Waals surface area (Å²) in [4.78, 5) is 40.3. The van der Waals surface area contributed by atoms with Gasteiger partial charge in [-0.1, -0.05) is 18.2 Å². The van der Waals surface area contributed by atoms with Crippen LogP contribution in [0.15, 0.2) is 53.3 Å². The third kappa shape index (κ3) is 4.00. The van der Waals surface area contributed by atoms with Crippen LogP contribution in [0.3, 0.4) is 0 Å². The summed E-state index contributed by atoms with van der Waals surface area (Å²) in [6.45, 7) is 1.71. The number of benzene rings is 2. The Morgan fingerprint density at radius 3 is 2.37 bits per heavy atom. The van der Waals surface area contributed by atoms with Crippen LogP contribution in [-0.2, 0) is 9.53 Å². The van der Waals surface area contributed by atoms with E-state index in [1.165, 1.54) is 12.1 Å². The number of fused-ring (bicyclic) bond motifs is 1. The number of piperazine rings is 1. The fourth-order valence-corrected chi connectivity index (χ4v) is 3.42. The van der Waals surface area contributed by atoms with Crippen LogP contribution in [0.4, 0.5) is 10.1 Å². The van der Waals surface area contributed by atoms with Crippen molar-refractivity contribution in [2.24, 2.45) is 0 Å². The van der Waals surface area contributed by atoms with Crippen LogP contribution in [0.25, 0.3) is 10.8 Å². The maximum absolute atomic E-state index is 13.1. The lowest BCUT2D eigenvalue weighted by Crippen LogP contribution is -2.49. The number of nitrogens with zero attached hydrogens (tertiary/aromatic N) is 3. The molecule has 30 heavy (non-hydrogen) atoms. The number of aromatic nitrogens is 2. The fourth-order valence-electron chi connectivity index (χ4n) is 3.42. The van der Waals surface area contributed by atoms with E-state index in [4.69, 9.17) is 4.74 Å². The van der Waals surface area contributed by atoms with Crippen molar-refractivity contribution in [1.82, 2.24) is 15.1 Å². The summed E-state index contributed by atoms with van der Waals surface area (Å²) < 4.78 is 18.2. The molecule has 1 amide bonds. The van der Waals surface area contributed by atoms with Crippen LogP contribution in [0.2, 0.25) is 0 Å². The van der Waals surface area contributed by atoms with Gasteiger partial charge in [-0.25, -0.2) is 14.3 Å². The number of hydrogen-bond acceptors (Lipinski definition) is 6. The Bertz CT molecular complexity index is 1140. The molecular weight excluding hydrogens is 391 g/mol. The topological polar surface area (TPSA) is 95.6 Å². The highest BCUT2D eigenvalue weighted by atomic mass is 19.1. The van der Waals surface area contributed by atoms with E-state index in [0.29, 0.717) is 37.0 Å². The lowest BCUT2D eigenvalue weighted by Gasteiger charge is -2.36. The van der Waals surface area contributed by atoms with E-state index in [0.717, 1.165) is 5.69 Å². The molecular formula is C21H19FN4O4. The van der Waals surface area contributed by atoms with E-state index in [1.807, 2.05) is 0 Å². The minimum absolute atomic E-state index is 0.0425. The SMILES string of the molecule is O=C(OCC(=O)N1CCN(c2ccc(F)cc2)CC1)c1n[nH]c(=O)c2ccccc12. The van der Waals surface area contributed by atoms with Crippen molar-refractivity contribution in [3.05, 3.63) is 70.4 Å². The molecule has 1 fully saturated rings. The number of hydrogen-bond donors (Lipinski definition) is 1. The van der Waals surface area contributed by atoms with E-state index < -0.39 is 18.1 Å². The Hall–Kier alpha value is -3.75. The Kier molecular flexibility index (Phi) is 5.42. The molecule has 154 valence electrons. The Morgan fingerprint density at radius 1 is 1.00 bits per heavy atom. The molecule has 4 rings (SSSR count). The molecule has 2 heterocycles. The molecule has 1 saturated heterocycles. The quantitative estimate of drug-likeness (QED) is 0.656. The number of halogens is 1. The minimum Gasteiger partial charge on any atom is -0.451 e. The molecule has 0 spiro atoms. The average Bonchev–Trinajstić information content (AvgIpc) is 2.78. The molecule has 3 aromatic rings. The third-order valence-corrected chi connectivity index (χ3v) is 5.04. The molecule has 0 aliphatic carbocycles. The summed E-state index contributed by atoms with van der Waals surface area (Å²) in [7, 11) is 0. The number of anilines is 1. The number of H-pyrrole nitrogens is 1. The van der Waals surface area contributed by atoms with Crippen LogP contribution in [0.5, 0.6) is 0 Å². The van der Waals surface area contributed by atoms with Crippen LogP contribution < -0.4 is 10.5 Å². The van der Waals surface area contributed by atoms with Crippen molar-refractivity contribution >= 4 is 28.3 Å². The second-order valence-electron chi connectivity index (χ2n) is 6.87. The van der Waals surface area contributed by atoms with Crippen molar-refractivity contribution in [3.8, 4) is 0 Å². The van der Waals surface area contributed by atoms with Gasteiger partial charge in [0.05, 0.1) is 5.39 Å². The highest BCUT2D eigenvalue weighted by Crippen LogP contribution is 2.17. The number of ether oxygens (including phenoxy) is 1. The van der Waals surface area contributed by atoms with E-state index in [2.05, 4.69) is 15.1 Å². The summed E-state index contributed by atoms with van der Waals surface area (Å²) in [6.07, 6.45) is 0. The summed E-state index contributed by atoms with van der Waals surface area (Å²) in [5.41, 5.74) is 0.447. The largest absolute Gasteiger partial charge is 0.451 e. The molecule has 0 saturated carbocycles. The minimum atomic E-state index is -0.777. The van der Waals surface area contributed by atoms with Crippen LogP contribution >= 0.6 is 0 Å². The standard InChI is InChI=1S/C21H19FN4O4/c22-14-5-7-15(8-6-14)25-9-11-26(12-10-25)18(27)13-30-21(29)19-16-3-1-2-4-17(16)20(28)24-23-19/h1-8H,9-13H2,(H,24,28). The molecule has 0 unspecified atom stereocenters. The number of esters is 1. The zero-order chi connectivity index (χ0) is 21.1. The van der Waals surface area contributed by atoms with Gasteiger partial charge in [0.2, 0.25) is 0 Å². The first-order valence-electron chi connectivity index (χ1n) is 9.46. The number of rotatable bonds is 4. The van der Waals surface area contributed by atoms with Gasteiger partial charge in [0.25, 0.3) is 11.5 Å². The summed E-state index contributed by atoms with van der Waals surface area (Å²) in [6, 6.07) is 12.8. The van der Waals surface area contributed by atoms with Gasteiger partial charge in [-0.05, 0) is 30.3 Å². The molecule has 1 aliphatic rings. The smallest absolute Gasteiger partial charge is 0.359 e. The third-order valence-electron chi connectivity index (χ3n) is 5.04. The highest BCUT2D eigenvalue weighted by Gasteiger charge is 2.23. The first kappa shape index (κ1) is 19.6. The second-order valence-corrected chi connectivity index (χ2v) is 6.87. The molecule has 0 bridgehead atoms. The maximum Gasteiger partial charge on any atom is 0.359 e. The number of carbonyl (C=O) groups is 2. The molecule has 1 aliphatic heterocycles. The van der Waals surface area contributed by atoms with Gasteiger partial charge in [0.1, 0.15) is 5.82 Å². The molecule has 2 aromatic carbocycles. The second kappa shape index (κ2) is 8.32. The monoisotopic (exact) mass is 410 g/mol. The van der Waals surface area contributed by atoms with Crippen molar-refractivity contribution in [2.75, 3.05) is 37.7 Å². The molecule has 0 radical (unpaired) electrons. The van der Waals surface area contributed by atoms with E-state index in [9.17, 15) is 18.8 Å². The predicted octanol–water partition coefficient (Wildman–Crippen LogP) is 1.57. The normalized spacial score (nSPS) is 14.0. The van der Waals surface area contributed by atoms with E-state index >= 15 is 0 Å². The number of aromatic amines is 1. The Labute approximate surface area is 170 Å². The van der Waals surface area contributed by atoms with Crippen LogP contribution in [0.1, 0.15) is 10.5 Å². The van der Waals surface area contributed by atoms with Gasteiger partial charge < -0.3 is 14.5 Å².